The Labute approximate surface area is 144 Å². The average Bonchev–Trinajstić information content (AvgIpc) is 3.05. The molecule has 0 aliphatic carbocycles. The van der Waals surface area contributed by atoms with Gasteiger partial charge in [0.2, 0.25) is 0 Å². The molecule has 0 saturated carbocycles. The first-order chi connectivity index (χ1) is 12.0. The highest BCUT2D eigenvalue weighted by Crippen LogP contribution is 2.28. The smallest absolute Gasteiger partial charge is 0.306 e. The number of benzene rings is 1. The molecule has 1 saturated heterocycles. The molecule has 0 amide bonds. The second-order valence-corrected chi connectivity index (χ2v) is 6.46. The van der Waals surface area contributed by atoms with Gasteiger partial charge in [-0.3, -0.25) is 14.8 Å². The van der Waals surface area contributed by atoms with Gasteiger partial charge < -0.3 is 10.0 Å². The number of aromatic nitrogens is 2. The van der Waals surface area contributed by atoms with Crippen molar-refractivity contribution in [2.45, 2.75) is 31.4 Å². The summed E-state index contributed by atoms with van der Waals surface area (Å²) < 4.78 is 14.4. The Morgan fingerprint density at radius 1 is 1.28 bits per heavy atom. The van der Waals surface area contributed by atoms with Gasteiger partial charge in [-0.05, 0) is 49.5 Å². The molecule has 7 nitrogen and oxygen atoms in total. The van der Waals surface area contributed by atoms with Gasteiger partial charge in [0.05, 0.1) is 17.6 Å². The van der Waals surface area contributed by atoms with Crippen molar-refractivity contribution in [2.24, 2.45) is 0 Å². The fourth-order valence-electron chi connectivity index (χ4n) is 3.30. The van der Waals surface area contributed by atoms with Crippen LogP contribution >= 0.6 is 0 Å². The first-order valence-corrected chi connectivity index (χ1v) is 8.34. The summed E-state index contributed by atoms with van der Waals surface area (Å²) in [6.45, 7) is 2.45. The standard InChI is InChI=1S/C17H21FN4O3/c18-15-3-1-13(2-4-15)14-5-7-20(8-6-14)11-17(23)12-21-10-16(9-19-21)22(24)25/h1-4,9-10,14,17,23H,5-8,11-12H2. The zero-order valence-corrected chi connectivity index (χ0v) is 13.8. The van der Waals surface area contributed by atoms with Gasteiger partial charge in [-0.25, -0.2) is 4.39 Å². The molecule has 0 bridgehead atoms. The number of halogens is 1. The number of nitro groups is 1. The van der Waals surface area contributed by atoms with Crippen LogP contribution < -0.4 is 0 Å². The molecule has 1 unspecified atom stereocenters. The summed E-state index contributed by atoms with van der Waals surface area (Å²) in [5, 5.41) is 24.7. The fourth-order valence-corrected chi connectivity index (χ4v) is 3.30. The first kappa shape index (κ1) is 17.5. The Morgan fingerprint density at radius 2 is 1.96 bits per heavy atom. The SMILES string of the molecule is O=[N+]([O-])c1cnn(CC(O)CN2CCC(c3ccc(F)cc3)CC2)c1. The third kappa shape index (κ3) is 4.61. The lowest BCUT2D eigenvalue weighted by Gasteiger charge is -2.33. The number of hydrogen-bond acceptors (Lipinski definition) is 5. The molecule has 2 aromatic rings. The van der Waals surface area contributed by atoms with E-state index in [0.29, 0.717) is 12.5 Å². The van der Waals surface area contributed by atoms with Gasteiger partial charge in [0.15, 0.2) is 0 Å². The summed E-state index contributed by atoms with van der Waals surface area (Å²) in [7, 11) is 0. The molecule has 8 heteroatoms. The molecular weight excluding hydrogens is 327 g/mol. The van der Waals surface area contributed by atoms with Crippen LogP contribution in [0.3, 0.4) is 0 Å². The number of hydrogen-bond donors (Lipinski definition) is 1. The Hall–Kier alpha value is -2.32. The van der Waals surface area contributed by atoms with Gasteiger partial charge in [-0.15, -0.1) is 0 Å². The maximum absolute atomic E-state index is 13.0. The van der Waals surface area contributed by atoms with Crippen LogP contribution in [0.25, 0.3) is 0 Å². The molecular formula is C17H21FN4O3. The monoisotopic (exact) mass is 348 g/mol. The van der Waals surface area contributed by atoms with E-state index in [9.17, 15) is 19.6 Å². The van der Waals surface area contributed by atoms with Crippen molar-refractivity contribution in [3.8, 4) is 0 Å². The number of aliphatic hydroxyl groups is 1. The molecule has 1 aliphatic heterocycles. The predicted molar refractivity (Wildman–Crippen MR) is 89.7 cm³/mol. The molecule has 134 valence electrons. The van der Waals surface area contributed by atoms with Gasteiger partial charge in [0.25, 0.3) is 0 Å². The van der Waals surface area contributed by atoms with Gasteiger partial charge in [-0.2, -0.15) is 5.10 Å². The van der Waals surface area contributed by atoms with Crippen LogP contribution in [-0.4, -0.2) is 50.4 Å². The van der Waals surface area contributed by atoms with E-state index >= 15 is 0 Å². The van der Waals surface area contributed by atoms with E-state index in [2.05, 4.69) is 10.00 Å². The number of rotatable bonds is 6. The van der Waals surface area contributed by atoms with Crippen LogP contribution in [-0.2, 0) is 6.54 Å². The summed E-state index contributed by atoms with van der Waals surface area (Å²) in [6, 6.07) is 6.67. The highest BCUT2D eigenvalue weighted by Gasteiger charge is 2.22. The lowest BCUT2D eigenvalue weighted by Crippen LogP contribution is -2.39. The molecule has 1 aromatic heterocycles. The van der Waals surface area contributed by atoms with Gasteiger partial charge in [-0.1, -0.05) is 12.1 Å². The average molecular weight is 348 g/mol. The van der Waals surface area contributed by atoms with E-state index in [-0.39, 0.29) is 18.0 Å². The second kappa shape index (κ2) is 7.71. The zero-order chi connectivity index (χ0) is 17.8. The quantitative estimate of drug-likeness (QED) is 0.639. The summed E-state index contributed by atoms with van der Waals surface area (Å²) in [5.41, 5.74) is 1.08. The molecule has 1 N–H and O–H groups in total. The summed E-state index contributed by atoms with van der Waals surface area (Å²) >= 11 is 0. The van der Waals surface area contributed by atoms with E-state index in [0.717, 1.165) is 31.5 Å². The van der Waals surface area contributed by atoms with Crippen molar-refractivity contribution in [3.63, 3.8) is 0 Å². The van der Waals surface area contributed by atoms with Crippen LogP contribution in [0.5, 0.6) is 0 Å². The van der Waals surface area contributed by atoms with Crippen molar-refractivity contribution in [1.29, 1.82) is 0 Å². The van der Waals surface area contributed by atoms with Crippen molar-refractivity contribution in [3.05, 3.63) is 58.2 Å². The highest BCUT2D eigenvalue weighted by atomic mass is 19.1. The van der Waals surface area contributed by atoms with E-state index in [1.54, 1.807) is 0 Å². The number of piperidine rings is 1. The first-order valence-electron chi connectivity index (χ1n) is 8.34. The lowest BCUT2D eigenvalue weighted by molar-refractivity contribution is -0.385. The number of aliphatic hydroxyl groups excluding tert-OH is 1. The molecule has 3 rings (SSSR count). The minimum atomic E-state index is -0.637. The van der Waals surface area contributed by atoms with Crippen LogP contribution in [0.15, 0.2) is 36.7 Å². The van der Waals surface area contributed by atoms with Crippen molar-refractivity contribution in [1.82, 2.24) is 14.7 Å². The van der Waals surface area contributed by atoms with Crippen molar-refractivity contribution in [2.75, 3.05) is 19.6 Å². The van der Waals surface area contributed by atoms with Gasteiger partial charge in [0.1, 0.15) is 18.2 Å². The minimum Gasteiger partial charge on any atom is -0.390 e. The third-order valence-electron chi connectivity index (χ3n) is 4.63. The Kier molecular flexibility index (Phi) is 5.40. The number of nitrogens with zero attached hydrogens (tertiary/aromatic N) is 4. The van der Waals surface area contributed by atoms with Gasteiger partial charge >= 0.3 is 5.69 Å². The summed E-state index contributed by atoms with van der Waals surface area (Å²) in [5.74, 6) is 0.200. The Bertz CT molecular complexity index is 711. The lowest BCUT2D eigenvalue weighted by atomic mass is 9.89. The van der Waals surface area contributed by atoms with E-state index < -0.39 is 11.0 Å². The zero-order valence-electron chi connectivity index (χ0n) is 13.8. The minimum absolute atomic E-state index is 0.0766. The topological polar surface area (TPSA) is 84.4 Å². The molecule has 1 fully saturated rings. The summed E-state index contributed by atoms with van der Waals surface area (Å²) in [4.78, 5) is 12.3. The van der Waals surface area contributed by atoms with Crippen LogP contribution in [0.2, 0.25) is 0 Å². The van der Waals surface area contributed by atoms with Crippen LogP contribution in [0.1, 0.15) is 24.3 Å². The second-order valence-electron chi connectivity index (χ2n) is 6.46. The molecule has 25 heavy (non-hydrogen) atoms. The molecule has 2 heterocycles. The Morgan fingerprint density at radius 3 is 2.56 bits per heavy atom. The third-order valence-corrected chi connectivity index (χ3v) is 4.63. The largest absolute Gasteiger partial charge is 0.390 e. The van der Waals surface area contributed by atoms with Crippen molar-refractivity contribution >= 4 is 5.69 Å². The predicted octanol–water partition coefficient (Wildman–Crippen LogP) is 2.17. The molecule has 1 atom stereocenters. The number of β-amino-alcohol motifs (C(OH)–C–C–N with tert-alkyl or cyclic N) is 1. The van der Waals surface area contributed by atoms with E-state index in [1.807, 2.05) is 12.1 Å². The van der Waals surface area contributed by atoms with Gasteiger partial charge in [0, 0.05) is 6.54 Å². The maximum Gasteiger partial charge on any atom is 0.306 e. The Balaban J connectivity index is 1.46. The molecule has 0 radical (unpaired) electrons. The number of likely N-dealkylation sites (tertiary alicyclic amines) is 1. The van der Waals surface area contributed by atoms with E-state index in [4.69, 9.17) is 0 Å². The highest BCUT2D eigenvalue weighted by molar-refractivity contribution is 5.21. The van der Waals surface area contributed by atoms with Crippen LogP contribution in [0.4, 0.5) is 10.1 Å². The summed E-state index contributed by atoms with van der Waals surface area (Å²) in [6.07, 6.45) is 3.80. The maximum atomic E-state index is 13.0. The van der Waals surface area contributed by atoms with Crippen LogP contribution in [0, 0.1) is 15.9 Å². The molecule has 1 aliphatic rings. The normalized spacial score (nSPS) is 17.5. The molecule has 1 aromatic carbocycles. The van der Waals surface area contributed by atoms with Crippen molar-refractivity contribution < 1.29 is 14.4 Å². The van der Waals surface area contributed by atoms with E-state index in [1.165, 1.54) is 29.2 Å². The fraction of sp³-hybridized carbons (Fsp3) is 0.471. The molecule has 0 spiro atoms.